The Labute approximate surface area is 145 Å². The third kappa shape index (κ3) is 5.65. The molecule has 5 nitrogen and oxygen atoms in total. The molecule has 0 heterocycles. The fourth-order valence-corrected chi connectivity index (χ4v) is 3.34. The summed E-state index contributed by atoms with van der Waals surface area (Å²) < 4.78 is 16.2. The van der Waals surface area contributed by atoms with Gasteiger partial charge in [0.2, 0.25) is 0 Å². The highest BCUT2D eigenvalue weighted by Crippen LogP contribution is 2.27. The van der Waals surface area contributed by atoms with Gasteiger partial charge in [-0.3, -0.25) is 0 Å². The number of hydrogen-bond acceptors (Lipinski definition) is 5. The molecule has 0 saturated heterocycles. The van der Waals surface area contributed by atoms with E-state index in [1.807, 2.05) is 18.2 Å². The summed E-state index contributed by atoms with van der Waals surface area (Å²) in [4.78, 5) is 2.28. The SMILES string of the molecule is COc1ccc(COC[C@H](O)CN(C)C2CCCCC2)cc1OC. The van der Waals surface area contributed by atoms with Gasteiger partial charge in [0.25, 0.3) is 0 Å². The maximum atomic E-state index is 10.2. The van der Waals surface area contributed by atoms with E-state index in [-0.39, 0.29) is 0 Å². The van der Waals surface area contributed by atoms with Crippen LogP contribution in [0.5, 0.6) is 11.5 Å². The van der Waals surface area contributed by atoms with Gasteiger partial charge in [-0.05, 0) is 37.6 Å². The summed E-state index contributed by atoms with van der Waals surface area (Å²) in [6.07, 6.45) is 5.99. The molecule has 1 atom stereocenters. The lowest BCUT2D eigenvalue weighted by Crippen LogP contribution is -2.40. The molecule has 0 unspecified atom stereocenters. The summed E-state index contributed by atoms with van der Waals surface area (Å²) in [5.41, 5.74) is 1.00. The first kappa shape index (κ1) is 19.0. The predicted molar refractivity (Wildman–Crippen MR) is 94.7 cm³/mol. The number of hydrogen-bond donors (Lipinski definition) is 1. The van der Waals surface area contributed by atoms with Gasteiger partial charge in [-0.1, -0.05) is 25.3 Å². The van der Waals surface area contributed by atoms with E-state index >= 15 is 0 Å². The molecule has 1 aromatic rings. The Balaban J connectivity index is 1.72. The van der Waals surface area contributed by atoms with Crippen LogP contribution in [0, 0.1) is 0 Å². The van der Waals surface area contributed by atoms with Gasteiger partial charge in [-0.2, -0.15) is 0 Å². The summed E-state index contributed by atoms with van der Waals surface area (Å²) in [6, 6.07) is 6.32. The summed E-state index contributed by atoms with van der Waals surface area (Å²) in [7, 11) is 5.34. The molecule has 1 fully saturated rings. The van der Waals surface area contributed by atoms with Crippen molar-refractivity contribution in [2.75, 3.05) is 34.4 Å². The number of benzene rings is 1. The summed E-state index contributed by atoms with van der Waals surface area (Å²) in [6.45, 7) is 1.45. The van der Waals surface area contributed by atoms with E-state index in [1.165, 1.54) is 32.1 Å². The predicted octanol–water partition coefficient (Wildman–Crippen LogP) is 2.85. The first-order valence-corrected chi connectivity index (χ1v) is 8.81. The fourth-order valence-electron chi connectivity index (χ4n) is 3.34. The highest BCUT2D eigenvalue weighted by Gasteiger charge is 2.20. The lowest BCUT2D eigenvalue weighted by molar-refractivity contribution is 0.00484. The highest BCUT2D eigenvalue weighted by atomic mass is 16.5. The van der Waals surface area contributed by atoms with Crippen molar-refractivity contribution >= 4 is 0 Å². The van der Waals surface area contributed by atoms with Crippen molar-refractivity contribution in [3.8, 4) is 11.5 Å². The zero-order valence-electron chi connectivity index (χ0n) is 15.2. The first-order chi connectivity index (χ1) is 11.6. The Kier molecular flexibility index (Phi) is 7.82. The van der Waals surface area contributed by atoms with E-state index in [9.17, 15) is 5.11 Å². The van der Waals surface area contributed by atoms with Crippen LogP contribution in [0.25, 0.3) is 0 Å². The third-order valence-electron chi connectivity index (χ3n) is 4.72. The van der Waals surface area contributed by atoms with Crippen molar-refractivity contribution in [3.63, 3.8) is 0 Å². The molecular weight excluding hydrogens is 306 g/mol. The van der Waals surface area contributed by atoms with Crippen LogP contribution in [0.15, 0.2) is 18.2 Å². The number of methoxy groups -OCH3 is 2. The standard InChI is InChI=1S/C19H31NO4/c1-20(16-7-5-4-6-8-16)12-17(21)14-24-13-15-9-10-18(22-2)19(11-15)23-3/h9-11,16-17,21H,4-8,12-14H2,1-3H3/t17-/m1/s1. The zero-order chi connectivity index (χ0) is 17.4. The fraction of sp³-hybridized carbons (Fsp3) is 0.684. The van der Waals surface area contributed by atoms with Crippen molar-refractivity contribution in [2.24, 2.45) is 0 Å². The van der Waals surface area contributed by atoms with Gasteiger partial charge in [0.1, 0.15) is 0 Å². The van der Waals surface area contributed by atoms with E-state index < -0.39 is 6.10 Å². The van der Waals surface area contributed by atoms with Gasteiger partial charge in [-0.15, -0.1) is 0 Å². The summed E-state index contributed by atoms with van der Waals surface area (Å²) in [5.74, 6) is 1.39. The minimum absolute atomic E-state index is 0.339. The minimum Gasteiger partial charge on any atom is -0.493 e. The van der Waals surface area contributed by atoms with E-state index in [0.29, 0.717) is 37.3 Å². The molecule has 5 heteroatoms. The van der Waals surface area contributed by atoms with E-state index in [2.05, 4.69) is 11.9 Å². The van der Waals surface area contributed by atoms with Crippen LogP contribution < -0.4 is 9.47 Å². The molecule has 0 radical (unpaired) electrons. The van der Waals surface area contributed by atoms with Crippen molar-refractivity contribution in [3.05, 3.63) is 23.8 Å². The number of ether oxygens (including phenoxy) is 3. The third-order valence-corrected chi connectivity index (χ3v) is 4.72. The minimum atomic E-state index is -0.461. The molecule has 24 heavy (non-hydrogen) atoms. The van der Waals surface area contributed by atoms with Crippen LogP contribution in [-0.2, 0) is 11.3 Å². The molecular formula is C19H31NO4. The van der Waals surface area contributed by atoms with Gasteiger partial charge in [0, 0.05) is 12.6 Å². The topological polar surface area (TPSA) is 51.2 Å². The average molecular weight is 337 g/mol. The summed E-state index contributed by atoms with van der Waals surface area (Å²) >= 11 is 0. The lowest BCUT2D eigenvalue weighted by Gasteiger charge is -2.32. The molecule has 0 spiro atoms. The average Bonchev–Trinajstić information content (AvgIpc) is 2.62. The molecule has 1 saturated carbocycles. The maximum Gasteiger partial charge on any atom is 0.161 e. The Morgan fingerprint density at radius 1 is 1.12 bits per heavy atom. The quantitative estimate of drug-likeness (QED) is 0.751. The van der Waals surface area contributed by atoms with Crippen LogP contribution in [0.1, 0.15) is 37.7 Å². The van der Waals surface area contributed by atoms with Crippen molar-refractivity contribution in [1.82, 2.24) is 4.90 Å². The Morgan fingerprint density at radius 3 is 2.50 bits per heavy atom. The molecule has 1 aliphatic carbocycles. The van der Waals surface area contributed by atoms with Gasteiger partial charge in [0.15, 0.2) is 11.5 Å². The summed E-state index contributed by atoms with van der Waals surface area (Å²) in [5, 5.41) is 10.2. The lowest BCUT2D eigenvalue weighted by atomic mass is 9.94. The zero-order valence-corrected chi connectivity index (χ0v) is 15.2. The highest BCUT2D eigenvalue weighted by molar-refractivity contribution is 5.42. The number of aliphatic hydroxyl groups excluding tert-OH is 1. The Bertz CT molecular complexity index is 488. The second-order valence-electron chi connectivity index (χ2n) is 6.59. The van der Waals surface area contributed by atoms with Crippen LogP contribution in [-0.4, -0.2) is 56.6 Å². The first-order valence-electron chi connectivity index (χ1n) is 8.81. The van der Waals surface area contributed by atoms with Crippen LogP contribution >= 0.6 is 0 Å². The molecule has 136 valence electrons. The second kappa shape index (κ2) is 9.87. The number of likely N-dealkylation sites (N-methyl/N-ethyl adjacent to an activating group) is 1. The van der Waals surface area contributed by atoms with E-state index in [1.54, 1.807) is 14.2 Å². The van der Waals surface area contributed by atoms with Gasteiger partial charge < -0.3 is 24.2 Å². The normalized spacial score (nSPS) is 17.0. The molecule has 2 rings (SSSR count). The Hall–Kier alpha value is -1.30. The number of aliphatic hydroxyl groups is 1. The van der Waals surface area contributed by atoms with E-state index in [0.717, 1.165) is 5.56 Å². The number of rotatable bonds is 9. The second-order valence-corrected chi connectivity index (χ2v) is 6.59. The van der Waals surface area contributed by atoms with Gasteiger partial charge >= 0.3 is 0 Å². The van der Waals surface area contributed by atoms with Gasteiger partial charge in [-0.25, -0.2) is 0 Å². The van der Waals surface area contributed by atoms with Crippen molar-refractivity contribution < 1.29 is 19.3 Å². The Morgan fingerprint density at radius 2 is 1.83 bits per heavy atom. The molecule has 1 aromatic carbocycles. The van der Waals surface area contributed by atoms with Crippen LogP contribution in [0.3, 0.4) is 0 Å². The molecule has 0 bridgehead atoms. The van der Waals surface area contributed by atoms with Crippen LogP contribution in [0.4, 0.5) is 0 Å². The molecule has 0 aromatic heterocycles. The largest absolute Gasteiger partial charge is 0.493 e. The molecule has 0 amide bonds. The van der Waals surface area contributed by atoms with Crippen molar-refractivity contribution in [2.45, 2.75) is 50.9 Å². The van der Waals surface area contributed by atoms with Crippen LogP contribution in [0.2, 0.25) is 0 Å². The monoisotopic (exact) mass is 337 g/mol. The molecule has 0 aliphatic heterocycles. The van der Waals surface area contributed by atoms with Gasteiger partial charge in [0.05, 0.1) is 33.5 Å². The van der Waals surface area contributed by atoms with E-state index in [4.69, 9.17) is 14.2 Å². The maximum absolute atomic E-state index is 10.2. The molecule has 1 N–H and O–H groups in total. The number of nitrogens with zero attached hydrogens (tertiary/aromatic N) is 1. The van der Waals surface area contributed by atoms with Crippen molar-refractivity contribution in [1.29, 1.82) is 0 Å². The smallest absolute Gasteiger partial charge is 0.161 e. The molecule has 1 aliphatic rings.